The van der Waals surface area contributed by atoms with E-state index in [0.29, 0.717) is 29.9 Å². The first kappa shape index (κ1) is 18.1. The maximum atomic E-state index is 13.3. The summed E-state index contributed by atoms with van der Waals surface area (Å²) < 4.78 is 13.3. The summed E-state index contributed by atoms with van der Waals surface area (Å²) in [6.45, 7) is 1.05. The monoisotopic (exact) mass is 381 g/mol. The molecule has 0 radical (unpaired) electrons. The third-order valence-electron chi connectivity index (χ3n) is 4.90. The summed E-state index contributed by atoms with van der Waals surface area (Å²) in [7, 11) is 1.68. The molecule has 2 aromatic heterocycles. The zero-order valence-electron chi connectivity index (χ0n) is 15.4. The number of amides is 2. The number of fused-ring (bicyclic) bond motifs is 1. The van der Waals surface area contributed by atoms with Gasteiger partial charge in [-0.05, 0) is 30.3 Å². The molecule has 0 bridgehead atoms. The lowest BCUT2D eigenvalue weighted by atomic mass is 10.1. The van der Waals surface area contributed by atoms with Gasteiger partial charge in [0.15, 0.2) is 0 Å². The first-order valence-electron chi connectivity index (χ1n) is 9.06. The number of nitrogens with one attached hydrogen (secondary N) is 1. The predicted octanol–water partition coefficient (Wildman–Crippen LogP) is 2.10. The Bertz CT molecular complexity index is 1020. The van der Waals surface area contributed by atoms with Crippen molar-refractivity contribution in [2.45, 2.75) is 19.5 Å². The van der Waals surface area contributed by atoms with Gasteiger partial charge >= 0.3 is 0 Å². The van der Waals surface area contributed by atoms with Crippen molar-refractivity contribution < 1.29 is 14.0 Å². The minimum atomic E-state index is -0.386. The van der Waals surface area contributed by atoms with Crippen LogP contribution in [-0.4, -0.2) is 50.2 Å². The number of hydrogen-bond acceptors (Lipinski definition) is 4. The van der Waals surface area contributed by atoms with E-state index in [4.69, 9.17) is 0 Å². The Morgan fingerprint density at radius 2 is 2.21 bits per heavy atom. The molecular formula is C20H20FN5O2. The highest BCUT2D eigenvalue weighted by Gasteiger charge is 2.36. The van der Waals surface area contributed by atoms with Gasteiger partial charge in [0, 0.05) is 26.2 Å². The smallest absolute Gasteiger partial charge is 0.228 e. The fourth-order valence-corrected chi connectivity index (χ4v) is 3.50. The van der Waals surface area contributed by atoms with Crippen LogP contribution in [0.15, 0.2) is 42.6 Å². The van der Waals surface area contributed by atoms with E-state index in [0.717, 1.165) is 5.69 Å². The van der Waals surface area contributed by atoms with E-state index in [1.165, 1.54) is 12.1 Å². The molecule has 0 saturated carbocycles. The Labute approximate surface area is 161 Å². The van der Waals surface area contributed by atoms with Crippen molar-refractivity contribution >= 4 is 22.8 Å². The summed E-state index contributed by atoms with van der Waals surface area (Å²) in [5.41, 5.74) is 2.04. The first-order valence-corrected chi connectivity index (χ1v) is 9.06. The van der Waals surface area contributed by atoms with Crippen LogP contribution in [-0.2, 0) is 22.7 Å². The van der Waals surface area contributed by atoms with Crippen molar-refractivity contribution in [1.29, 1.82) is 0 Å². The third-order valence-corrected chi connectivity index (χ3v) is 4.90. The van der Waals surface area contributed by atoms with Crippen LogP contribution in [0, 0.1) is 11.7 Å². The fourth-order valence-electron chi connectivity index (χ4n) is 3.50. The van der Waals surface area contributed by atoms with Gasteiger partial charge in [-0.15, -0.1) is 0 Å². The van der Waals surface area contributed by atoms with Gasteiger partial charge in [-0.1, -0.05) is 6.07 Å². The predicted molar refractivity (Wildman–Crippen MR) is 100 cm³/mol. The van der Waals surface area contributed by atoms with Crippen LogP contribution in [0.1, 0.15) is 17.9 Å². The normalized spacial score (nSPS) is 16.7. The van der Waals surface area contributed by atoms with Gasteiger partial charge in [0.25, 0.3) is 0 Å². The molecule has 2 amide bonds. The summed E-state index contributed by atoms with van der Waals surface area (Å²) >= 11 is 0. The molecular weight excluding hydrogens is 361 g/mol. The number of benzene rings is 1. The van der Waals surface area contributed by atoms with Crippen LogP contribution < -0.4 is 0 Å². The average Bonchev–Trinajstić information content (AvgIpc) is 3.24. The number of halogens is 1. The third kappa shape index (κ3) is 3.71. The number of hydrogen-bond donors (Lipinski definition) is 1. The highest BCUT2D eigenvalue weighted by molar-refractivity contribution is 5.89. The van der Waals surface area contributed by atoms with E-state index in [1.807, 2.05) is 18.2 Å². The summed E-state index contributed by atoms with van der Waals surface area (Å²) in [5.74, 6) is -0.307. The molecule has 4 rings (SSSR count). The molecule has 1 fully saturated rings. The first-order chi connectivity index (χ1) is 13.5. The Kier molecular flexibility index (Phi) is 4.77. The Morgan fingerprint density at radius 3 is 3.00 bits per heavy atom. The molecule has 0 unspecified atom stereocenters. The number of aromatic amines is 1. The van der Waals surface area contributed by atoms with Crippen molar-refractivity contribution in [3.63, 3.8) is 0 Å². The number of aromatic nitrogens is 3. The van der Waals surface area contributed by atoms with Crippen LogP contribution in [0.5, 0.6) is 0 Å². The molecule has 1 saturated heterocycles. The van der Waals surface area contributed by atoms with Gasteiger partial charge in [-0.3, -0.25) is 14.6 Å². The SMILES string of the molecule is CN(Cc1nc2ccc(F)cc2[nH]1)C(=O)[C@@H]1CC(=O)N(Cc2ccccn2)C1. The zero-order valence-corrected chi connectivity index (χ0v) is 15.4. The van der Waals surface area contributed by atoms with Crippen LogP contribution >= 0.6 is 0 Å². The minimum absolute atomic E-state index is 0.0448. The maximum absolute atomic E-state index is 13.3. The number of carbonyl (C=O) groups is 2. The Balaban J connectivity index is 1.40. The second-order valence-electron chi connectivity index (χ2n) is 7.04. The molecule has 8 heteroatoms. The molecule has 0 aliphatic carbocycles. The molecule has 1 aliphatic rings. The molecule has 1 N–H and O–H groups in total. The van der Waals surface area contributed by atoms with E-state index in [9.17, 15) is 14.0 Å². The summed E-state index contributed by atoms with van der Waals surface area (Å²) in [5, 5.41) is 0. The standard InChI is InChI=1S/C20H20FN5O2/c1-25(12-18-23-16-6-5-14(21)9-17(16)24-18)20(28)13-8-19(27)26(10-13)11-15-4-2-3-7-22-15/h2-7,9,13H,8,10-12H2,1H3,(H,23,24)/t13-/m1/s1. The fraction of sp³-hybridized carbons (Fsp3) is 0.300. The quantitative estimate of drug-likeness (QED) is 0.734. The second kappa shape index (κ2) is 7.38. The van der Waals surface area contributed by atoms with Crippen molar-refractivity contribution in [2.75, 3.05) is 13.6 Å². The van der Waals surface area contributed by atoms with E-state index in [1.54, 1.807) is 29.1 Å². The number of nitrogens with zero attached hydrogens (tertiary/aromatic N) is 4. The number of pyridine rings is 1. The van der Waals surface area contributed by atoms with Gasteiger partial charge in [0.2, 0.25) is 11.8 Å². The zero-order chi connectivity index (χ0) is 19.7. The van der Waals surface area contributed by atoms with Crippen molar-refractivity contribution in [1.82, 2.24) is 24.8 Å². The van der Waals surface area contributed by atoms with E-state index in [2.05, 4.69) is 15.0 Å². The number of carbonyl (C=O) groups excluding carboxylic acids is 2. The lowest BCUT2D eigenvalue weighted by molar-refractivity contribution is -0.135. The van der Waals surface area contributed by atoms with Gasteiger partial charge in [-0.25, -0.2) is 9.37 Å². The molecule has 28 heavy (non-hydrogen) atoms. The average molecular weight is 381 g/mol. The van der Waals surface area contributed by atoms with Gasteiger partial charge in [0.1, 0.15) is 11.6 Å². The Morgan fingerprint density at radius 1 is 1.36 bits per heavy atom. The van der Waals surface area contributed by atoms with Gasteiger partial charge in [-0.2, -0.15) is 0 Å². The maximum Gasteiger partial charge on any atom is 0.228 e. The van der Waals surface area contributed by atoms with E-state index in [-0.39, 0.29) is 36.5 Å². The highest BCUT2D eigenvalue weighted by Crippen LogP contribution is 2.22. The molecule has 1 aromatic carbocycles. The molecule has 3 heterocycles. The van der Waals surface area contributed by atoms with Crippen molar-refractivity contribution in [3.8, 4) is 0 Å². The summed E-state index contributed by atoms with van der Waals surface area (Å²) in [6.07, 6.45) is 1.88. The number of imidazole rings is 1. The minimum Gasteiger partial charge on any atom is -0.340 e. The number of rotatable bonds is 5. The molecule has 0 spiro atoms. The second-order valence-corrected chi connectivity index (χ2v) is 7.04. The highest BCUT2D eigenvalue weighted by atomic mass is 19.1. The Hall–Kier alpha value is -3.29. The summed E-state index contributed by atoms with van der Waals surface area (Å²) in [4.78, 5) is 40.0. The van der Waals surface area contributed by atoms with Crippen LogP contribution in [0.2, 0.25) is 0 Å². The molecule has 7 nitrogen and oxygen atoms in total. The topological polar surface area (TPSA) is 82.2 Å². The van der Waals surface area contributed by atoms with Crippen LogP contribution in [0.3, 0.4) is 0 Å². The van der Waals surface area contributed by atoms with E-state index >= 15 is 0 Å². The van der Waals surface area contributed by atoms with Crippen molar-refractivity contribution in [2.24, 2.45) is 5.92 Å². The van der Waals surface area contributed by atoms with Crippen molar-refractivity contribution in [3.05, 3.63) is 59.9 Å². The molecule has 144 valence electrons. The van der Waals surface area contributed by atoms with Crippen LogP contribution in [0.4, 0.5) is 4.39 Å². The summed E-state index contributed by atoms with van der Waals surface area (Å²) in [6, 6.07) is 9.87. The number of H-pyrrole nitrogens is 1. The molecule has 1 atom stereocenters. The lowest BCUT2D eigenvalue weighted by Gasteiger charge is -2.20. The molecule has 1 aliphatic heterocycles. The number of likely N-dealkylation sites (tertiary alicyclic amines) is 1. The lowest BCUT2D eigenvalue weighted by Crippen LogP contribution is -2.34. The van der Waals surface area contributed by atoms with Gasteiger partial charge in [0.05, 0.1) is 35.7 Å². The van der Waals surface area contributed by atoms with Gasteiger partial charge < -0.3 is 14.8 Å². The largest absolute Gasteiger partial charge is 0.340 e. The van der Waals surface area contributed by atoms with E-state index < -0.39 is 0 Å². The van der Waals surface area contributed by atoms with Crippen LogP contribution in [0.25, 0.3) is 11.0 Å². The molecule has 3 aromatic rings.